The smallest absolute Gasteiger partial charge is 0.256 e. The molecule has 0 saturated heterocycles. The average molecular weight is 241 g/mol. The number of nitrogens with two attached hydrogens (primary N) is 1. The first kappa shape index (κ1) is 12.3. The maximum atomic E-state index is 11.9. The number of anilines is 1. The van der Waals surface area contributed by atoms with Gasteiger partial charge < -0.3 is 11.1 Å². The molecule has 0 aliphatic heterocycles. The molecule has 18 heavy (non-hydrogen) atoms. The Labute approximate surface area is 106 Å². The number of nitrogens with one attached hydrogen (secondary N) is 1. The average Bonchev–Trinajstić information content (AvgIpc) is 2.39. The Hall–Kier alpha value is -2.20. The standard InChI is InChI=1S/C14H15N3O/c1-10-5-7-11(8-6-10)14(18)17-13-4-2-3-12(9-15)16-13/h2-8H,9,15H2,1H3,(H,16,17,18). The van der Waals surface area contributed by atoms with Crippen LogP contribution in [0, 0.1) is 6.92 Å². The van der Waals surface area contributed by atoms with Crippen LogP contribution in [0.2, 0.25) is 0 Å². The molecule has 0 saturated carbocycles. The van der Waals surface area contributed by atoms with E-state index in [1.807, 2.05) is 31.2 Å². The minimum atomic E-state index is -0.170. The van der Waals surface area contributed by atoms with E-state index in [1.54, 1.807) is 18.2 Å². The molecule has 0 spiro atoms. The third-order valence-corrected chi connectivity index (χ3v) is 2.57. The highest BCUT2D eigenvalue weighted by Crippen LogP contribution is 2.08. The molecule has 1 aromatic carbocycles. The Morgan fingerprint density at radius 2 is 1.94 bits per heavy atom. The minimum absolute atomic E-state index is 0.170. The lowest BCUT2D eigenvalue weighted by molar-refractivity contribution is 0.102. The van der Waals surface area contributed by atoms with Gasteiger partial charge in [0.05, 0.1) is 5.69 Å². The number of benzene rings is 1. The Balaban J connectivity index is 2.13. The number of carbonyl (C=O) groups is 1. The molecule has 4 nitrogen and oxygen atoms in total. The van der Waals surface area contributed by atoms with Crippen LogP contribution in [0.4, 0.5) is 5.82 Å². The summed E-state index contributed by atoms with van der Waals surface area (Å²) >= 11 is 0. The summed E-state index contributed by atoms with van der Waals surface area (Å²) in [5, 5.41) is 2.75. The molecule has 0 unspecified atom stereocenters. The zero-order valence-electron chi connectivity index (χ0n) is 10.2. The molecule has 4 heteroatoms. The number of hydrogen-bond donors (Lipinski definition) is 2. The highest BCUT2D eigenvalue weighted by molar-refractivity contribution is 6.03. The van der Waals surface area contributed by atoms with Gasteiger partial charge in [-0.15, -0.1) is 0 Å². The molecule has 0 atom stereocenters. The topological polar surface area (TPSA) is 68.0 Å². The molecular formula is C14H15N3O. The third-order valence-electron chi connectivity index (χ3n) is 2.57. The summed E-state index contributed by atoms with van der Waals surface area (Å²) in [6, 6.07) is 12.8. The number of carbonyl (C=O) groups excluding carboxylic acids is 1. The summed E-state index contributed by atoms with van der Waals surface area (Å²) in [4.78, 5) is 16.2. The lowest BCUT2D eigenvalue weighted by Crippen LogP contribution is -2.13. The van der Waals surface area contributed by atoms with Crippen molar-refractivity contribution in [1.82, 2.24) is 4.98 Å². The van der Waals surface area contributed by atoms with Crippen molar-refractivity contribution >= 4 is 11.7 Å². The molecule has 2 aromatic rings. The van der Waals surface area contributed by atoms with Crippen molar-refractivity contribution in [3.05, 3.63) is 59.3 Å². The Bertz CT molecular complexity index is 549. The number of pyridine rings is 1. The largest absolute Gasteiger partial charge is 0.325 e. The van der Waals surface area contributed by atoms with Crippen molar-refractivity contribution in [1.29, 1.82) is 0 Å². The van der Waals surface area contributed by atoms with Crippen LogP contribution in [-0.2, 0) is 6.54 Å². The van der Waals surface area contributed by atoms with E-state index in [-0.39, 0.29) is 5.91 Å². The van der Waals surface area contributed by atoms with E-state index in [4.69, 9.17) is 5.73 Å². The molecule has 1 amide bonds. The van der Waals surface area contributed by atoms with Crippen LogP contribution in [0.1, 0.15) is 21.6 Å². The molecule has 0 aliphatic rings. The van der Waals surface area contributed by atoms with Gasteiger partial charge >= 0.3 is 0 Å². The molecule has 92 valence electrons. The number of hydrogen-bond acceptors (Lipinski definition) is 3. The van der Waals surface area contributed by atoms with Gasteiger partial charge in [0.2, 0.25) is 0 Å². The fourth-order valence-corrected chi connectivity index (χ4v) is 1.56. The monoisotopic (exact) mass is 241 g/mol. The van der Waals surface area contributed by atoms with Gasteiger partial charge in [0.1, 0.15) is 5.82 Å². The predicted octanol–water partition coefficient (Wildman–Crippen LogP) is 2.10. The van der Waals surface area contributed by atoms with E-state index in [0.29, 0.717) is 17.9 Å². The zero-order chi connectivity index (χ0) is 13.0. The van der Waals surface area contributed by atoms with Gasteiger partial charge in [-0.05, 0) is 31.2 Å². The molecule has 0 bridgehead atoms. The third kappa shape index (κ3) is 2.93. The first-order chi connectivity index (χ1) is 8.69. The van der Waals surface area contributed by atoms with Crippen LogP contribution in [0.25, 0.3) is 0 Å². The zero-order valence-corrected chi connectivity index (χ0v) is 10.2. The van der Waals surface area contributed by atoms with Crippen molar-refractivity contribution in [2.75, 3.05) is 5.32 Å². The van der Waals surface area contributed by atoms with Gasteiger partial charge in [-0.25, -0.2) is 4.98 Å². The van der Waals surface area contributed by atoms with Crippen molar-refractivity contribution in [3.8, 4) is 0 Å². The lowest BCUT2D eigenvalue weighted by atomic mass is 10.1. The number of nitrogens with zero attached hydrogens (tertiary/aromatic N) is 1. The van der Waals surface area contributed by atoms with Crippen LogP contribution in [0.5, 0.6) is 0 Å². The van der Waals surface area contributed by atoms with Gasteiger partial charge in [0.25, 0.3) is 5.91 Å². The Morgan fingerprint density at radius 1 is 1.22 bits per heavy atom. The quantitative estimate of drug-likeness (QED) is 0.864. The molecular weight excluding hydrogens is 226 g/mol. The molecule has 0 fully saturated rings. The van der Waals surface area contributed by atoms with Gasteiger partial charge in [-0.1, -0.05) is 23.8 Å². The van der Waals surface area contributed by atoms with E-state index in [1.165, 1.54) is 0 Å². The summed E-state index contributed by atoms with van der Waals surface area (Å²) in [5.41, 5.74) is 7.98. The predicted molar refractivity (Wildman–Crippen MR) is 71.3 cm³/mol. The van der Waals surface area contributed by atoms with E-state index in [2.05, 4.69) is 10.3 Å². The van der Waals surface area contributed by atoms with Crippen LogP contribution < -0.4 is 11.1 Å². The SMILES string of the molecule is Cc1ccc(C(=O)Nc2cccc(CN)n2)cc1. The first-order valence-corrected chi connectivity index (χ1v) is 5.73. The Morgan fingerprint density at radius 3 is 2.61 bits per heavy atom. The second-order valence-electron chi connectivity index (χ2n) is 4.04. The summed E-state index contributed by atoms with van der Waals surface area (Å²) in [6.45, 7) is 2.34. The highest BCUT2D eigenvalue weighted by atomic mass is 16.1. The van der Waals surface area contributed by atoms with Gasteiger partial charge in [0.15, 0.2) is 0 Å². The van der Waals surface area contributed by atoms with Crippen LogP contribution in [0.15, 0.2) is 42.5 Å². The molecule has 3 N–H and O–H groups in total. The van der Waals surface area contributed by atoms with Crippen molar-refractivity contribution in [3.63, 3.8) is 0 Å². The molecule has 1 aromatic heterocycles. The normalized spacial score (nSPS) is 10.1. The van der Waals surface area contributed by atoms with Crippen molar-refractivity contribution in [2.45, 2.75) is 13.5 Å². The fourth-order valence-electron chi connectivity index (χ4n) is 1.56. The second kappa shape index (κ2) is 5.42. The Kier molecular flexibility index (Phi) is 3.69. The minimum Gasteiger partial charge on any atom is -0.325 e. The van der Waals surface area contributed by atoms with E-state index in [0.717, 1.165) is 11.3 Å². The number of aryl methyl sites for hydroxylation is 1. The maximum Gasteiger partial charge on any atom is 0.256 e. The number of rotatable bonds is 3. The highest BCUT2D eigenvalue weighted by Gasteiger charge is 2.06. The summed E-state index contributed by atoms with van der Waals surface area (Å²) in [6.07, 6.45) is 0. The molecule has 2 rings (SSSR count). The van der Waals surface area contributed by atoms with Crippen LogP contribution >= 0.6 is 0 Å². The van der Waals surface area contributed by atoms with Gasteiger partial charge in [0, 0.05) is 12.1 Å². The van der Waals surface area contributed by atoms with E-state index in [9.17, 15) is 4.79 Å². The van der Waals surface area contributed by atoms with Gasteiger partial charge in [-0.2, -0.15) is 0 Å². The van der Waals surface area contributed by atoms with Crippen molar-refractivity contribution < 1.29 is 4.79 Å². The van der Waals surface area contributed by atoms with E-state index < -0.39 is 0 Å². The first-order valence-electron chi connectivity index (χ1n) is 5.73. The van der Waals surface area contributed by atoms with E-state index >= 15 is 0 Å². The number of amides is 1. The van der Waals surface area contributed by atoms with Crippen LogP contribution in [-0.4, -0.2) is 10.9 Å². The summed E-state index contributed by atoms with van der Waals surface area (Å²) < 4.78 is 0. The maximum absolute atomic E-state index is 11.9. The van der Waals surface area contributed by atoms with Gasteiger partial charge in [-0.3, -0.25) is 4.79 Å². The second-order valence-corrected chi connectivity index (χ2v) is 4.04. The van der Waals surface area contributed by atoms with Crippen molar-refractivity contribution in [2.24, 2.45) is 5.73 Å². The number of aromatic nitrogens is 1. The van der Waals surface area contributed by atoms with Crippen LogP contribution in [0.3, 0.4) is 0 Å². The molecule has 0 radical (unpaired) electrons. The fraction of sp³-hybridized carbons (Fsp3) is 0.143. The summed E-state index contributed by atoms with van der Waals surface area (Å²) in [7, 11) is 0. The lowest BCUT2D eigenvalue weighted by Gasteiger charge is -2.06. The summed E-state index contributed by atoms with van der Waals surface area (Å²) in [5.74, 6) is 0.347. The molecule has 1 heterocycles. The molecule has 0 aliphatic carbocycles.